The molecule has 1 nitrogen and oxygen atoms in total. The van der Waals surface area contributed by atoms with Crippen LogP contribution in [0.1, 0.15) is 137 Å². The Morgan fingerprint density at radius 3 is 1.46 bits per heavy atom. The van der Waals surface area contributed by atoms with Crippen LogP contribution in [0, 0.1) is 23.7 Å². The number of hydrogen-bond donors (Lipinski definition) is 0. The van der Waals surface area contributed by atoms with Gasteiger partial charge in [-0.05, 0) is 68.9 Å². The summed E-state index contributed by atoms with van der Waals surface area (Å²) in [5, 5.41) is 0. The summed E-state index contributed by atoms with van der Waals surface area (Å²) < 4.78 is 0. The molecule has 0 aromatic carbocycles. The van der Waals surface area contributed by atoms with Gasteiger partial charge in [0, 0.05) is 6.04 Å². The first-order valence-electron chi connectivity index (χ1n) is 10.6. The minimum Gasteiger partial charge on any atom is -0.301 e. The van der Waals surface area contributed by atoms with Crippen molar-refractivity contribution in [1.29, 1.82) is 0 Å². The third kappa shape index (κ3) is 24.0. The van der Waals surface area contributed by atoms with Crippen LogP contribution in [0.25, 0.3) is 0 Å². The van der Waals surface area contributed by atoms with Gasteiger partial charge in [0.15, 0.2) is 0 Å². The molecule has 2 rings (SSSR count). The van der Waals surface area contributed by atoms with Crippen LogP contribution in [0.4, 0.5) is 0 Å². The van der Waals surface area contributed by atoms with Crippen molar-refractivity contribution in [2.24, 2.45) is 23.7 Å². The molecule has 1 atom stereocenters. The standard InChI is InChI=1S/C10H21N.C6H12.C6H14.5CH4/c1-4-11-7-5-6-10(11)8-9(2)3;1-5(2)6-3-4-6;1-4-5-6(2)3;;;;;/h9-10H,4-8H2,1-3H3;5-6H,3-4H2,1-2H3;6H,4-5H2,1-3H3;5*1H4/t10-;;;;;;;/m1......./s1. The van der Waals surface area contributed by atoms with Gasteiger partial charge in [0.25, 0.3) is 0 Å². The maximum atomic E-state index is 2.62. The summed E-state index contributed by atoms with van der Waals surface area (Å²) in [5.74, 6) is 3.83. The number of rotatable bonds is 6. The van der Waals surface area contributed by atoms with Crippen LogP contribution >= 0.6 is 0 Å². The van der Waals surface area contributed by atoms with Crippen molar-refractivity contribution >= 4 is 0 Å². The van der Waals surface area contributed by atoms with Crippen molar-refractivity contribution < 1.29 is 0 Å². The molecule has 2 fully saturated rings. The molecule has 2 aliphatic rings. The van der Waals surface area contributed by atoms with Gasteiger partial charge >= 0.3 is 0 Å². The van der Waals surface area contributed by atoms with E-state index in [0.29, 0.717) is 0 Å². The van der Waals surface area contributed by atoms with Crippen molar-refractivity contribution in [2.75, 3.05) is 13.1 Å². The lowest BCUT2D eigenvalue weighted by Gasteiger charge is -2.23. The van der Waals surface area contributed by atoms with Gasteiger partial charge in [-0.25, -0.2) is 0 Å². The van der Waals surface area contributed by atoms with E-state index in [1.54, 1.807) is 0 Å². The zero-order chi connectivity index (χ0) is 17.8. The fourth-order valence-electron chi connectivity index (χ4n) is 3.46. The second-order valence-corrected chi connectivity index (χ2v) is 8.82. The predicted molar refractivity (Wildman–Crippen MR) is 141 cm³/mol. The van der Waals surface area contributed by atoms with Crippen molar-refractivity contribution in [3.8, 4) is 0 Å². The molecule has 28 heavy (non-hydrogen) atoms. The summed E-state index contributed by atoms with van der Waals surface area (Å²) in [6.07, 6.45) is 9.96. The quantitative estimate of drug-likeness (QED) is 0.424. The van der Waals surface area contributed by atoms with Crippen molar-refractivity contribution in [2.45, 2.75) is 144 Å². The van der Waals surface area contributed by atoms with Crippen LogP contribution in [0.5, 0.6) is 0 Å². The van der Waals surface area contributed by atoms with Crippen LogP contribution < -0.4 is 0 Å². The van der Waals surface area contributed by atoms with Crippen molar-refractivity contribution in [3.05, 3.63) is 0 Å². The molecule has 0 aromatic rings. The minimum absolute atomic E-state index is 0. The molecule has 1 saturated heterocycles. The predicted octanol–water partition coefficient (Wildman–Crippen LogP) is 10.2. The number of nitrogens with zero attached hydrogens (tertiary/aromatic N) is 1. The van der Waals surface area contributed by atoms with E-state index in [9.17, 15) is 0 Å². The topological polar surface area (TPSA) is 3.24 Å². The Morgan fingerprint density at radius 1 is 0.750 bits per heavy atom. The molecule has 1 heteroatoms. The lowest BCUT2D eigenvalue weighted by Crippen LogP contribution is -2.30. The second-order valence-electron chi connectivity index (χ2n) is 8.82. The van der Waals surface area contributed by atoms with Gasteiger partial charge in [-0.1, -0.05) is 105 Å². The lowest BCUT2D eigenvalue weighted by atomic mass is 10.0. The highest BCUT2D eigenvalue weighted by atomic mass is 15.2. The maximum absolute atomic E-state index is 2.62. The van der Waals surface area contributed by atoms with Crippen molar-refractivity contribution in [3.63, 3.8) is 0 Å². The highest BCUT2D eigenvalue weighted by Crippen LogP contribution is 2.35. The molecule has 0 bridgehead atoms. The van der Waals surface area contributed by atoms with E-state index in [1.165, 1.54) is 58.0 Å². The molecule has 1 aliphatic carbocycles. The highest BCUT2D eigenvalue weighted by molar-refractivity contribution is 4.78. The first kappa shape index (κ1) is 42.1. The molecule has 0 aromatic heterocycles. The van der Waals surface area contributed by atoms with Crippen LogP contribution in [0.15, 0.2) is 0 Å². The van der Waals surface area contributed by atoms with E-state index in [1.807, 2.05) is 0 Å². The SMILES string of the molecule is C.C.C.C.C.CC(C)C1CC1.CCCC(C)C.CCN1CCC[C@@H]1CC(C)C. The summed E-state index contributed by atoms with van der Waals surface area (Å²) in [7, 11) is 0. The van der Waals surface area contributed by atoms with Gasteiger partial charge in [0.05, 0.1) is 0 Å². The second kappa shape index (κ2) is 25.0. The zero-order valence-corrected chi connectivity index (χ0v) is 17.7. The number of likely N-dealkylation sites (tertiary alicyclic amines) is 1. The van der Waals surface area contributed by atoms with Gasteiger partial charge in [-0.15, -0.1) is 0 Å². The fourth-order valence-corrected chi connectivity index (χ4v) is 3.46. The van der Waals surface area contributed by atoms with E-state index >= 15 is 0 Å². The molecule has 0 unspecified atom stereocenters. The van der Waals surface area contributed by atoms with Gasteiger partial charge in [0.1, 0.15) is 0 Å². The fraction of sp³-hybridized carbons (Fsp3) is 1.00. The molecule has 180 valence electrons. The summed E-state index contributed by atoms with van der Waals surface area (Å²) in [6.45, 7) is 20.9. The van der Waals surface area contributed by atoms with Crippen LogP contribution in [0.3, 0.4) is 0 Å². The van der Waals surface area contributed by atoms with Gasteiger partial charge in [-0.3, -0.25) is 0 Å². The largest absolute Gasteiger partial charge is 0.301 e. The summed E-state index contributed by atoms with van der Waals surface area (Å²) in [5.41, 5.74) is 0. The summed E-state index contributed by atoms with van der Waals surface area (Å²) in [4.78, 5) is 2.62. The average Bonchev–Trinajstić information content (AvgIpc) is 3.21. The van der Waals surface area contributed by atoms with E-state index in [0.717, 1.165) is 29.7 Å². The highest BCUT2D eigenvalue weighted by Gasteiger charge is 2.24. The van der Waals surface area contributed by atoms with E-state index in [2.05, 4.69) is 60.3 Å². The molecule has 1 aliphatic heterocycles. The lowest BCUT2D eigenvalue weighted by molar-refractivity contribution is 0.237. The average molecular weight is 406 g/mol. The third-order valence-corrected chi connectivity index (χ3v) is 5.08. The Labute approximate surface area is 185 Å². The monoisotopic (exact) mass is 406 g/mol. The minimum atomic E-state index is 0. The maximum Gasteiger partial charge on any atom is 0.00980 e. The van der Waals surface area contributed by atoms with E-state index in [4.69, 9.17) is 0 Å². The first-order valence-corrected chi connectivity index (χ1v) is 10.6. The Bertz CT molecular complexity index is 253. The van der Waals surface area contributed by atoms with Crippen molar-refractivity contribution in [1.82, 2.24) is 4.90 Å². The van der Waals surface area contributed by atoms with E-state index < -0.39 is 0 Å². The van der Waals surface area contributed by atoms with Gasteiger partial charge in [-0.2, -0.15) is 0 Å². The Morgan fingerprint density at radius 2 is 1.25 bits per heavy atom. The van der Waals surface area contributed by atoms with E-state index in [-0.39, 0.29) is 37.1 Å². The molecule has 1 heterocycles. The molecule has 0 radical (unpaired) electrons. The molecule has 0 N–H and O–H groups in total. The normalized spacial score (nSPS) is 17.5. The summed E-state index contributed by atoms with van der Waals surface area (Å²) in [6, 6.07) is 0.903. The van der Waals surface area contributed by atoms with Crippen LogP contribution in [-0.2, 0) is 0 Å². The Balaban J connectivity index is -0.0000000631. The molecular weight excluding hydrogens is 338 g/mol. The number of hydrogen-bond acceptors (Lipinski definition) is 1. The molecule has 0 amide bonds. The smallest absolute Gasteiger partial charge is 0.00980 e. The van der Waals surface area contributed by atoms with Gasteiger partial charge in [0.2, 0.25) is 0 Å². The third-order valence-electron chi connectivity index (χ3n) is 5.08. The van der Waals surface area contributed by atoms with Crippen LogP contribution in [0.2, 0.25) is 0 Å². The molecular formula is C27H67N. The molecule has 1 saturated carbocycles. The van der Waals surface area contributed by atoms with Gasteiger partial charge < -0.3 is 4.90 Å². The van der Waals surface area contributed by atoms with Crippen LogP contribution in [-0.4, -0.2) is 24.0 Å². The molecule has 0 spiro atoms. The first-order chi connectivity index (χ1) is 10.8. The zero-order valence-electron chi connectivity index (χ0n) is 17.7. The Kier molecular flexibility index (Phi) is 37.6. The summed E-state index contributed by atoms with van der Waals surface area (Å²) >= 11 is 0. The Hall–Kier alpha value is -0.0400.